The van der Waals surface area contributed by atoms with Crippen molar-refractivity contribution in [1.82, 2.24) is 5.32 Å². The molecule has 84 valence electrons. The maximum Gasteiger partial charge on any atom is 0.0320 e. The summed E-state index contributed by atoms with van der Waals surface area (Å²) in [5.74, 6) is 0. The largest absolute Gasteiger partial charge is 0.310 e. The minimum Gasteiger partial charge on any atom is -0.310 e. The van der Waals surface area contributed by atoms with E-state index in [1.165, 1.54) is 37.8 Å². The molecule has 1 heteroatoms. The topological polar surface area (TPSA) is 12.0 Å². The van der Waals surface area contributed by atoms with E-state index in [0.717, 1.165) is 0 Å². The summed E-state index contributed by atoms with van der Waals surface area (Å²) >= 11 is 0. The summed E-state index contributed by atoms with van der Waals surface area (Å²) in [6.45, 7) is 5.43. The van der Waals surface area contributed by atoms with Gasteiger partial charge in [0.25, 0.3) is 0 Å². The van der Waals surface area contributed by atoms with Crippen LogP contribution in [0.3, 0.4) is 0 Å². The van der Waals surface area contributed by atoms with Gasteiger partial charge in [0, 0.05) is 6.04 Å². The molecule has 1 N–H and O–H groups in total. The van der Waals surface area contributed by atoms with E-state index in [1.54, 1.807) is 0 Å². The number of hydrogen-bond donors (Lipinski definition) is 1. The summed E-state index contributed by atoms with van der Waals surface area (Å²) in [6.07, 6.45) is 5.25. The average molecular weight is 205 g/mol. The van der Waals surface area contributed by atoms with Crippen molar-refractivity contribution in [2.75, 3.05) is 6.54 Å². The van der Waals surface area contributed by atoms with Gasteiger partial charge < -0.3 is 5.32 Å². The van der Waals surface area contributed by atoms with Crippen molar-refractivity contribution in [2.24, 2.45) is 0 Å². The fraction of sp³-hybridized carbons (Fsp3) is 0.571. The molecule has 1 unspecified atom stereocenters. The molecule has 0 saturated carbocycles. The predicted octanol–water partition coefficient (Wildman–Crippen LogP) is 3.92. The summed E-state index contributed by atoms with van der Waals surface area (Å²) in [6, 6.07) is 11.3. The number of hydrogen-bond acceptors (Lipinski definition) is 1. The molecule has 1 aromatic carbocycles. The Balaban J connectivity index is 0.000000337. The van der Waals surface area contributed by atoms with Crippen LogP contribution in [0.5, 0.6) is 0 Å². The second-order valence-electron chi connectivity index (χ2n) is 4.12. The standard InChI is InChI=1S/C11H15N.C3H8/c1-2-6-10(7-3-1)11-8-4-5-9-12-11;1-3-2/h1-3,6-7,11-12H,4-5,8-9H2;3H2,1-2H3. The Morgan fingerprint density at radius 3 is 2.33 bits per heavy atom. The van der Waals surface area contributed by atoms with E-state index < -0.39 is 0 Å². The second-order valence-corrected chi connectivity index (χ2v) is 4.12. The first-order valence-corrected chi connectivity index (χ1v) is 6.16. The van der Waals surface area contributed by atoms with Crippen LogP contribution in [0.1, 0.15) is 51.1 Å². The van der Waals surface area contributed by atoms with Gasteiger partial charge in [0.1, 0.15) is 0 Å². The Bertz CT molecular complexity index is 237. The van der Waals surface area contributed by atoms with Gasteiger partial charge in [0.2, 0.25) is 0 Å². The zero-order valence-corrected chi connectivity index (χ0v) is 10.00. The van der Waals surface area contributed by atoms with Crippen LogP contribution in [0, 0.1) is 0 Å². The second kappa shape index (κ2) is 7.47. The van der Waals surface area contributed by atoms with Crippen molar-refractivity contribution in [3.8, 4) is 0 Å². The lowest BCUT2D eigenvalue weighted by Gasteiger charge is -2.23. The molecule has 0 bridgehead atoms. The van der Waals surface area contributed by atoms with E-state index in [4.69, 9.17) is 0 Å². The molecule has 0 radical (unpaired) electrons. The lowest BCUT2D eigenvalue weighted by atomic mass is 9.98. The zero-order valence-electron chi connectivity index (χ0n) is 10.00. The Hall–Kier alpha value is -0.820. The molecule has 1 aliphatic heterocycles. The smallest absolute Gasteiger partial charge is 0.0320 e. The molecule has 1 atom stereocenters. The third kappa shape index (κ3) is 4.48. The van der Waals surface area contributed by atoms with Crippen LogP contribution in [0.25, 0.3) is 0 Å². The van der Waals surface area contributed by atoms with Crippen molar-refractivity contribution in [1.29, 1.82) is 0 Å². The van der Waals surface area contributed by atoms with Crippen LogP contribution in [0.15, 0.2) is 30.3 Å². The third-order valence-corrected chi connectivity index (χ3v) is 2.51. The van der Waals surface area contributed by atoms with Crippen LogP contribution in [-0.4, -0.2) is 6.54 Å². The van der Waals surface area contributed by atoms with Gasteiger partial charge in [-0.3, -0.25) is 0 Å². The van der Waals surface area contributed by atoms with Crippen LogP contribution in [-0.2, 0) is 0 Å². The first-order valence-electron chi connectivity index (χ1n) is 6.16. The molecular formula is C14H23N. The van der Waals surface area contributed by atoms with E-state index in [-0.39, 0.29) is 0 Å². The molecule has 1 saturated heterocycles. The maximum atomic E-state index is 3.54. The monoisotopic (exact) mass is 205 g/mol. The van der Waals surface area contributed by atoms with E-state index in [9.17, 15) is 0 Å². The Kier molecular flexibility index (Phi) is 6.10. The third-order valence-electron chi connectivity index (χ3n) is 2.51. The van der Waals surface area contributed by atoms with Crippen molar-refractivity contribution in [3.05, 3.63) is 35.9 Å². The summed E-state index contributed by atoms with van der Waals surface area (Å²) < 4.78 is 0. The van der Waals surface area contributed by atoms with Crippen molar-refractivity contribution in [2.45, 2.75) is 45.6 Å². The van der Waals surface area contributed by atoms with Gasteiger partial charge >= 0.3 is 0 Å². The van der Waals surface area contributed by atoms with Gasteiger partial charge in [-0.05, 0) is 24.9 Å². The maximum absolute atomic E-state index is 3.54. The molecule has 1 aromatic rings. The Morgan fingerprint density at radius 1 is 1.13 bits per heavy atom. The fourth-order valence-corrected chi connectivity index (χ4v) is 1.82. The highest BCUT2D eigenvalue weighted by Gasteiger charge is 2.13. The fourth-order valence-electron chi connectivity index (χ4n) is 1.82. The molecule has 15 heavy (non-hydrogen) atoms. The lowest BCUT2D eigenvalue weighted by molar-refractivity contribution is 0.412. The average Bonchev–Trinajstić information content (AvgIpc) is 2.32. The van der Waals surface area contributed by atoms with Crippen LogP contribution < -0.4 is 5.32 Å². The highest BCUT2D eigenvalue weighted by molar-refractivity contribution is 5.19. The van der Waals surface area contributed by atoms with Crippen LogP contribution in [0.2, 0.25) is 0 Å². The van der Waals surface area contributed by atoms with Crippen LogP contribution >= 0.6 is 0 Å². The molecule has 1 heterocycles. The molecule has 2 rings (SSSR count). The lowest BCUT2D eigenvalue weighted by Crippen LogP contribution is -2.26. The first kappa shape index (κ1) is 12.3. The van der Waals surface area contributed by atoms with Crippen LogP contribution in [0.4, 0.5) is 0 Å². The van der Waals surface area contributed by atoms with Crippen molar-refractivity contribution in [3.63, 3.8) is 0 Å². The number of piperidine rings is 1. The molecule has 0 spiro atoms. The van der Waals surface area contributed by atoms with Gasteiger partial charge in [0.15, 0.2) is 0 Å². The molecular weight excluding hydrogens is 182 g/mol. The van der Waals surface area contributed by atoms with Gasteiger partial charge in [0.05, 0.1) is 0 Å². The summed E-state index contributed by atoms with van der Waals surface area (Å²) in [5.41, 5.74) is 1.44. The quantitative estimate of drug-likeness (QED) is 0.732. The van der Waals surface area contributed by atoms with E-state index >= 15 is 0 Å². The van der Waals surface area contributed by atoms with Gasteiger partial charge in [-0.1, -0.05) is 57.0 Å². The number of nitrogens with one attached hydrogen (secondary N) is 1. The normalized spacial score (nSPS) is 20.3. The molecule has 1 fully saturated rings. The summed E-state index contributed by atoms with van der Waals surface area (Å²) in [5, 5.41) is 3.54. The van der Waals surface area contributed by atoms with Gasteiger partial charge in [-0.25, -0.2) is 0 Å². The molecule has 0 amide bonds. The Morgan fingerprint density at radius 2 is 1.80 bits per heavy atom. The zero-order chi connectivity index (χ0) is 10.9. The highest BCUT2D eigenvalue weighted by atomic mass is 14.9. The minimum atomic E-state index is 0.611. The van der Waals surface area contributed by atoms with Crippen molar-refractivity contribution >= 4 is 0 Å². The Labute approximate surface area is 93.9 Å². The van der Waals surface area contributed by atoms with E-state index in [1.807, 2.05) is 0 Å². The van der Waals surface area contributed by atoms with Gasteiger partial charge in [-0.15, -0.1) is 0 Å². The highest BCUT2D eigenvalue weighted by Crippen LogP contribution is 2.21. The van der Waals surface area contributed by atoms with E-state index in [0.29, 0.717) is 6.04 Å². The molecule has 0 aromatic heterocycles. The van der Waals surface area contributed by atoms with Crippen molar-refractivity contribution < 1.29 is 0 Å². The molecule has 0 aliphatic carbocycles. The first-order chi connectivity index (χ1) is 7.38. The molecule has 1 nitrogen and oxygen atoms in total. The number of rotatable bonds is 1. The van der Waals surface area contributed by atoms with Gasteiger partial charge in [-0.2, -0.15) is 0 Å². The molecule has 1 aliphatic rings. The van der Waals surface area contributed by atoms with E-state index in [2.05, 4.69) is 49.5 Å². The summed E-state index contributed by atoms with van der Waals surface area (Å²) in [7, 11) is 0. The predicted molar refractivity (Wildman–Crippen MR) is 67.0 cm³/mol. The minimum absolute atomic E-state index is 0.611. The number of benzene rings is 1. The summed E-state index contributed by atoms with van der Waals surface area (Å²) in [4.78, 5) is 0. The SMILES string of the molecule is CCC.c1ccc(C2CCCCN2)cc1.